The maximum Gasteiger partial charge on any atom is 0.240 e. The third kappa shape index (κ3) is 6.32. The highest BCUT2D eigenvalue weighted by Gasteiger charge is 2.16. The molecule has 3 N–H and O–H groups in total. The number of sulfonamides is 1. The molecule has 3 rings (SSSR count). The molecule has 0 spiro atoms. The maximum atomic E-state index is 12.9. The Morgan fingerprint density at radius 3 is 2.19 bits per heavy atom. The van der Waals surface area contributed by atoms with E-state index >= 15 is 0 Å². The lowest BCUT2D eigenvalue weighted by Gasteiger charge is -2.26. The minimum atomic E-state index is -3.75. The molecule has 0 bridgehead atoms. The van der Waals surface area contributed by atoms with E-state index in [1.807, 2.05) is 66.4 Å². The van der Waals surface area contributed by atoms with Crippen LogP contribution in [0.25, 0.3) is 0 Å². The van der Waals surface area contributed by atoms with Gasteiger partial charge >= 0.3 is 0 Å². The van der Waals surface area contributed by atoms with E-state index < -0.39 is 10.0 Å². The van der Waals surface area contributed by atoms with E-state index in [1.165, 1.54) is 12.1 Å². The van der Waals surface area contributed by atoms with Crippen molar-refractivity contribution in [1.29, 1.82) is 0 Å². The molecule has 0 saturated heterocycles. The molecule has 1 atom stereocenters. The van der Waals surface area contributed by atoms with Gasteiger partial charge in [0.2, 0.25) is 15.9 Å². The van der Waals surface area contributed by atoms with Crippen LogP contribution in [-0.2, 0) is 21.4 Å². The number of nitrogens with one attached hydrogen (secondary N) is 1. The zero-order chi connectivity index (χ0) is 23.1. The van der Waals surface area contributed by atoms with Crippen LogP contribution in [0.15, 0.2) is 83.8 Å². The molecule has 0 aliphatic heterocycles. The number of carbonyl (C=O) groups excluding carboxylic acids is 1. The van der Waals surface area contributed by atoms with Gasteiger partial charge in [0.1, 0.15) is 5.75 Å². The molecule has 0 saturated carbocycles. The van der Waals surface area contributed by atoms with E-state index in [1.54, 1.807) is 19.2 Å². The summed E-state index contributed by atoms with van der Waals surface area (Å²) in [5.74, 6) is 0.592. The number of nitrogens with zero attached hydrogens (tertiary/aromatic N) is 1. The SMILES string of the molecule is COc1ccc(N(CC(=O)N[C@@H](C)c2ccc(S(N)(=O)=O)cc2)Cc2ccccc2)cc1. The standard InChI is InChI=1S/C24H27N3O4S/c1-18(20-8-14-23(15-9-20)32(25,29)30)26-24(28)17-27(16-19-6-4-3-5-7-19)21-10-12-22(31-2)13-11-21/h3-15,18H,16-17H2,1-2H3,(H,26,28)(H2,25,29,30)/t18-/m0/s1. The van der Waals surface area contributed by atoms with Gasteiger partial charge in [-0.15, -0.1) is 0 Å². The van der Waals surface area contributed by atoms with Crippen LogP contribution in [0.3, 0.4) is 0 Å². The van der Waals surface area contributed by atoms with Crippen molar-refractivity contribution in [3.63, 3.8) is 0 Å². The summed E-state index contributed by atoms with van der Waals surface area (Å²) in [6.45, 7) is 2.57. The molecule has 3 aromatic rings. The van der Waals surface area contributed by atoms with E-state index in [0.29, 0.717) is 6.54 Å². The Labute approximate surface area is 188 Å². The van der Waals surface area contributed by atoms with Crippen molar-refractivity contribution >= 4 is 21.6 Å². The minimum Gasteiger partial charge on any atom is -0.497 e. The second-order valence-electron chi connectivity index (χ2n) is 7.44. The van der Waals surface area contributed by atoms with Crippen molar-refractivity contribution < 1.29 is 17.9 Å². The molecular weight excluding hydrogens is 426 g/mol. The average molecular weight is 454 g/mol. The fourth-order valence-corrected chi connectivity index (χ4v) is 3.84. The summed E-state index contributed by atoms with van der Waals surface area (Å²) >= 11 is 0. The highest BCUT2D eigenvalue weighted by Crippen LogP contribution is 2.22. The lowest BCUT2D eigenvalue weighted by atomic mass is 10.1. The smallest absolute Gasteiger partial charge is 0.240 e. The predicted octanol–water partition coefficient (Wildman–Crippen LogP) is 3.23. The molecule has 0 radical (unpaired) electrons. The van der Waals surface area contributed by atoms with Gasteiger partial charge in [-0.05, 0) is 54.4 Å². The summed E-state index contributed by atoms with van der Waals surface area (Å²) in [6, 6.07) is 23.4. The summed E-state index contributed by atoms with van der Waals surface area (Å²) in [6.07, 6.45) is 0. The van der Waals surface area contributed by atoms with Gasteiger partial charge in [0.05, 0.1) is 24.6 Å². The number of primary sulfonamides is 1. The number of anilines is 1. The lowest BCUT2D eigenvalue weighted by molar-refractivity contribution is -0.120. The van der Waals surface area contributed by atoms with Crippen LogP contribution in [-0.4, -0.2) is 28.0 Å². The van der Waals surface area contributed by atoms with Gasteiger partial charge in [-0.1, -0.05) is 42.5 Å². The second kappa shape index (κ2) is 10.3. The van der Waals surface area contributed by atoms with Gasteiger partial charge in [-0.3, -0.25) is 4.79 Å². The highest BCUT2D eigenvalue weighted by molar-refractivity contribution is 7.89. The quantitative estimate of drug-likeness (QED) is 0.518. The normalized spacial score (nSPS) is 12.1. The summed E-state index contributed by atoms with van der Waals surface area (Å²) in [7, 11) is -2.14. The molecular formula is C24H27N3O4S. The van der Waals surface area contributed by atoms with Gasteiger partial charge in [-0.2, -0.15) is 0 Å². The zero-order valence-corrected chi connectivity index (χ0v) is 18.9. The summed E-state index contributed by atoms with van der Waals surface area (Å²) in [5.41, 5.74) is 2.77. The van der Waals surface area contributed by atoms with E-state index in [9.17, 15) is 13.2 Å². The van der Waals surface area contributed by atoms with E-state index in [2.05, 4.69) is 5.32 Å². The number of hydrogen-bond donors (Lipinski definition) is 2. The average Bonchev–Trinajstić information content (AvgIpc) is 2.79. The predicted molar refractivity (Wildman–Crippen MR) is 125 cm³/mol. The molecule has 0 aliphatic rings. The van der Waals surface area contributed by atoms with E-state index in [-0.39, 0.29) is 23.4 Å². The summed E-state index contributed by atoms with van der Waals surface area (Å²) < 4.78 is 28.1. The zero-order valence-electron chi connectivity index (χ0n) is 18.1. The van der Waals surface area contributed by atoms with Crippen LogP contribution < -0.4 is 20.1 Å². The topological polar surface area (TPSA) is 102 Å². The molecule has 0 aromatic heterocycles. The van der Waals surface area contributed by atoms with Crippen molar-refractivity contribution in [3.05, 3.63) is 90.0 Å². The van der Waals surface area contributed by atoms with Crippen LogP contribution >= 0.6 is 0 Å². The molecule has 7 nitrogen and oxygen atoms in total. The number of amides is 1. The third-order valence-corrected chi connectivity index (χ3v) is 6.00. The number of nitrogens with two attached hydrogens (primary N) is 1. The molecule has 0 unspecified atom stereocenters. The molecule has 8 heteroatoms. The van der Waals surface area contributed by atoms with Crippen molar-refractivity contribution in [1.82, 2.24) is 5.32 Å². The summed E-state index contributed by atoms with van der Waals surface area (Å²) in [4.78, 5) is 14.9. The first-order chi connectivity index (χ1) is 15.3. The Kier molecular flexibility index (Phi) is 7.50. The number of rotatable bonds is 9. The molecule has 3 aromatic carbocycles. The first-order valence-electron chi connectivity index (χ1n) is 10.1. The van der Waals surface area contributed by atoms with Crippen molar-refractivity contribution in [2.45, 2.75) is 24.4 Å². The van der Waals surface area contributed by atoms with Crippen LogP contribution in [0.4, 0.5) is 5.69 Å². The van der Waals surface area contributed by atoms with Crippen molar-refractivity contribution in [2.75, 3.05) is 18.6 Å². The molecule has 32 heavy (non-hydrogen) atoms. The Hall–Kier alpha value is -3.36. The minimum absolute atomic E-state index is 0.0355. The first-order valence-corrected chi connectivity index (χ1v) is 11.7. The molecule has 1 amide bonds. The molecule has 0 fully saturated rings. The highest BCUT2D eigenvalue weighted by atomic mass is 32.2. The molecule has 0 heterocycles. The van der Waals surface area contributed by atoms with Gasteiger partial charge in [-0.25, -0.2) is 13.6 Å². The number of carbonyl (C=O) groups is 1. The van der Waals surface area contributed by atoms with Crippen LogP contribution in [0.1, 0.15) is 24.1 Å². The molecule has 0 aliphatic carbocycles. The Morgan fingerprint density at radius 2 is 1.62 bits per heavy atom. The van der Waals surface area contributed by atoms with Gasteiger partial charge in [0.15, 0.2) is 0 Å². The van der Waals surface area contributed by atoms with Crippen LogP contribution in [0.5, 0.6) is 5.75 Å². The third-order valence-electron chi connectivity index (χ3n) is 5.07. The van der Waals surface area contributed by atoms with E-state index in [0.717, 1.165) is 22.6 Å². The van der Waals surface area contributed by atoms with E-state index in [4.69, 9.17) is 9.88 Å². The fourth-order valence-electron chi connectivity index (χ4n) is 3.33. The Balaban J connectivity index is 1.72. The Morgan fingerprint density at radius 1 is 1.00 bits per heavy atom. The monoisotopic (exact) mass is 453 g/mol. The second-order valence-corrected chi connectivity index (χ2v) is 9.00. The van der Waals surface area contributed by atoms with Crippen molar-refractivity contribution in [3.8, 4) is 5.75 Å². The number of hydrogen-bond acceptors (Lipinski definition) is 5. The van der Waals surface area contributed by atoms with Gasteiger partial charge in [0.25, 0.3) is 0 Å². The van der Waals surface area contributed by atoms with Crippen molar-refractivity contribution in [2.24, 2.45) is 5.14 Å². The van der Waals surface area contributed by atoms with Gasteiger partial charge < -0.3 is 15.0 Å². The maximum absolute atomic E-state index is 12.9. The van der Waals surface area contributed by atoms with Crippen LogP contribution in [0.2, 0.25) is 0 Å². The summed E-state index contributed by atoms with van der Waals surface area (Å²) in [5, 5.41) is 8.12. The first kappa shape index (κ1) is 23.3. The Bertz CT molecular complexity index is 1130. The number of methoxy groups -OCH3 is 1. The molecule has 168 valence electrons. The van der Waals surface area contributed by atoms with Gasteiger partial charge in [0, 0.05) is 12.2 Å². The lowest BCUT2D eigenvalue weighted by Crippen LogP contribution is -2.38. The number of benzene rings is 3. The fraction of sp³-hybridized carbons (Fsp3) is 0.208. The largest absolute Gasteiger partial charge is 0.497 e. The van der Waals surface area contributed by atoms with Crippen LogP contribution in [0, 0.1) is 0 Å². The number of ether oxygens (including phenoxy) is 1.